The van der Waals surface area contributed by atoms with Crippen LogP contribution in [-0.4, -0.2) is 41.8 Å². The Bertz CT molecular complexity index is 1080. The third-order valence-electron chi connectivity index (χ3n) is 5.93. The van der Waals surface area contributed by atoms with Crippen LogP contribution in [0, 0.1) is 23.4 Å². The lowest BCUT2D eigenvalue weighted by atomic mass is 9.77. The van der Waals surface area contributed by atoms with E-state index in [1.54, 1.807) is 6.07 Å². The minimum absolute atomic E-state index is 0.0697. The van der Waals surface area contributed by atoms with E-state index in [0.29, 0.717) is 31.4 Å². The number of aryl methyl sites for hydroxylation is 1. The van der Waals surface area contributed by atoms with E-state index in [1.165, 1.54) is 31.3 Å². The number of halogens is 3. The molecule has 0 radical (unpaired) electrons. The van der Waals surface area contributed by atoms with Crippen molar-refractivity contribution in [2.75, 3.05) is 20.7 Å². The van der Waals surface area contributed by atoms with E-state index in [1.807, 2.05) is 0 Å². The highest BCUT2D eigenvalue weighted by Gasteiger charge is 2.56. The molecule has 2 aromatic carbocycles. The van der Waals surface area contributed by atoms with Crippen molar-refractivity contribution in [1.82, 2.24) is 10.1 Å². The second-order valence-corrected chi connectivity index (χ2v) is 8.93. The zero-order chi connectivity index (χ0) is 23.0. The number of hydrogen-bond donors (Lipinski definition) is 1. The van der Waals surface area contributed by atoms with Crippen LogP contribution in [0.25, 0.3) is 0 Å². The Morgan fingerprint density at radius 3 is 2.72 bits per heavy atom. The molecule has 0 fully saturated rings. The topological polar surface area (TPSA) is 71.2 Å². The van der Waals surface area contributed by atoms with Gasteiger partial charge in [0, 0.05) is 12.6 Å². The number of urea groups is 1. The van der Waals surface area contributed by atoms with Gasteiger partial charge in [-0.25, -0.2) is 23.0 Å². The molecule has 0 unspecified atom stereocenters. The predicted molar refractivity (Wildman–Crippen MR) is 116 cm³/mol. The summed E-state index contributed by atoms with van der Waals surface area (Å²) in [5.74, 6) is -1.98. The van der Waals surface area contributed by atoms with Crippen molar-refractivity contribution >= 4 is 22.8 Å². The standard InChI is InChI=1S/C22H23F3N4O2S/c1-28(31-2)21(30)29-22(32-20(27-29)17-11-15(23)7-8-19(17)25)14(9-10-26)5-3-13-4-6-16(24)12-18(13)22/h4,6-8,11-12,14H,3,5,9-10,26H2,1-2H3/t14-,22+/m1/s1. The fourth-order valence-corrected chi connectivity index (χ4v) is 5.95. The summed E-state index contributed by atoms with van der Waals surface area (Å²) in [5.41, 5.74) is 7.25. The van der Waals surface area contributed by atoms with Crippen molar-refractivity contribution in [3.05, 3.63) is 70.5 Å². The van der Waals surface area contributed by atoms with Gasteiger partial charge in [-0.2, -0.15) is 10.1 Å². The van der Waals surface area contributed by atoms with Crippen LogP contribution in [-0.2, 0) is 16.1 Å². The van der Waals surface area contributed by atoms with Gasteiger partial charge in [0.2, 0.25) is 0 Å². The van der Waals surface area contributed by atoms with Crippen LogP contribution in [0.5, 0.6) is 0 Å². The minimum Gasteiger partial charge on any atom is -0.330 e. The van der Waals surface area contributed by atoms with Gasteiger partial charge in [0.25, 0.3) is 0 Å². The second-order valence-electron chi connectivity index (χ2n) is 7.72. The normalized spacial score (nSPS) is 22.1. The number of fused-ring (bicyclic) bond motifs is 2. The number of carbonyl (C=O) groups excluding carboxylic acids is 1. The van der Waals surface area contributed by atoms with E-state index in [-0.39, 0.29) is 16.5 Å². The molecule has 1 heterocycles. The summed E-state index contributed by atoms with van der Waals surface area (Å²) in [4.78, 5) is 17.2. The van der Waals surface area contributed by atoms with Gasteiger partial charge in [-0.05, 0) is 73.2 Å². The lowest BCUT2D eigenvalue weighted by molar-refractivity contribution is -0.0832. The highest BCUT2D eigenvalue weighted by atomic mass is 32.2. The lowest BCUT2D eigenvalue weighted by Gasteiger charge is -2.46. The monoisotopic (exact) mass is 464 g/mol. The van der Waals surface area contributed by atoms with Gasteiger partial charge in [0.05, 0.1) is 7.11 Å². The molecular weight excluding hydrogens is 441 g/mol. The number of hydrogen-bond acceptors (Lipinski definition) is 5. The SMILES string of the molecule is CON(C)C(=O)N1N=C(c2cc(F)ccc2F)S[C@@]12c1cc(F)ccc1CC[C@@H]2CCN. The average molecular weight is 465 g/mol. The molecule has 2 aromatic rings. The second kappa shape index (κ2) is 8.76. The van der Waals surface area contributed by atoms with Crippen molar-refractivity contribution in [3.63, 3.8) is 0 Å². The van der Waals surface area contributed by atoms with Crippen LogP contribution in [0.4, 0.5) is 18.0 Å². The minimum atomic E-state index is -1.19. The molecule has 10 heteroatoms. The first-order valence-electron chi connectivity index (χ1n) is 10.2. The summed E-state index contributed by atoms with van der Waals surface area (Å²) in [6.07, 6.45) is 1.87. The molecule has 4 rings (SSSR count). The number of nitrogens with zero attached hydrogens (tertiary/aromatic N) is 3. The summed E-state index contributed by atoms with van der Waals surface area (Å²) < 4.78 is 43.0. The number of hydroxylamine groups is 2. The molecule has 0 bridgehead atoms. The average Bonchev–Trinajstić information content (AvgIpc) is 3.17. The molecule has 2 atom stereocenters. The molecule has 2 aliphatic rings. The van der Waals surface area contributed by atoms with Gasteiger partial charge < -0.3 is 5.73 Å². The van der Waals surface area contributed by atoms with E-state index >= 15 is 0 Å². The Balaban J connectivity index is 1.94. The van der Waals surface area contributed by atoms with E-state index in [4.69, 9.17) is 10.6 Å². The Hall–Kier alpha value is -2.56. The van der Waals surface area contributed by atoms with Crippen molar-refractivity contribution < 1.29 is 22.8 Å². The van der Waals surface area contributed by atoms with E-state index in [0.717, 1.165) is 40.6 Å². The molecule has 2 N–H and O–H groups in total. The fourth-order valence-electron chi connectivity index (χ4n) is 4.35. The van der Waals surface area contributed by atoms with Crippen LogP contribution >= 0.6 is 11.8 Å². The number of benzene rings is 2. The van der Waals surface area contributed by atoms with Gasteiger partial charge in [0.15, 0.2) is 0 Å². The smallest absolute Gasteiger partial charge is 0.330 e. The summed E-state index contributed by atoms with van der Waals surface area (Å²) in [5, 5.41) is 6.76. The number of amides is 2. The first-order chi connectivity index (χ1) is 15.3. The Kier molecular flexibility index (Phi) is 6.19. The Morgan fingerprint density at radius 2 is 2.00 bits per heavy atom. The third kappa shape index (κ3) is 3.66. The number of nitrogens with two attached hydrogens (primary N) is 1. The quantitative estimate of drug-likeness (QED) is 0.689. The molecule has 0 saturated heterocycles. The maximum absolute atomic E-state index is 14.7. The van der Waals surface area contributed by atoms with Gasteiger partial charge >= 0.3 is 6.03 Å². The number of rotatable bonds is 4. The lowest BCUT2D eigenvalue weighted by Crippen LogP contribution is -2.53. The van der Waals surface area contributed by atoms with Gasteiger partial charge in [-0.3, -0.25) is 4.84 Å². The Labute approximate surface area is 188 Å². The van der Waals surface area contributed by atoms with Crippen LogP contribution < -0.4 is 5.73 Å². The van der Waals surface area contributed by atoms with Gasteiger partial charge in [0.1, 0.15) is 27.4 Å². The molecule has 0 saturated carbocycles. The third-order valence-corrected chi connectivity index (χ3v) is 7.46. The molecule has 32 heavy (non-hydrogen) atoms. The zero-order valence-electron chi connectivity index (χ0n) is 17.6. The van der Waals surface area contributed by atoms with Crippen molar-refractivity contribution in [3.8, 4) is 0 Å². The molecule has 0 aromatic heterocycles. The van der Waals surface area contributed by atoms with Crippen LogP contribution in [0.3, 0.4) is 0 Å². The van der Waals surface area contributed by atoms with Crippen molar-refractivity contribution in [2.24, 2.45) is 16.8 Å². The summed E-state index contributed by atoms with van der Waals surface area (Å²) in [6.45, 7) is 0.337. The molecule has 2 amide bonds. The predicted octanol–water partition coefficient (Wildman–Crippen LogP) is 4.19. The number of thioether (sulfide) groups is 1. The van der Waals surface area contributed by atoms with E-state index in [2.05, 4.69) is 5.10 Å². The molecule has 1 aliphatic heterocycles. The van der Waals surface area contributed by atoms with E-state index in [9.17, 15) is 18.0 Å². The van der Waals surface area contributed by atoms with Crippen molar-refractivity contribution in [1.29, 1.82) is 0 Å². The van der Waals surface area contributed by atoms with Crippen LogP contribution in [0.1, 0.15) is 29.5 Å². The highest BCUT2D eigenvalue weighted by Crippen LogP contribution is 2.57. The molecule has 1 spiro atoms. The molecule has 170 valence electrons. The fraction of sp³-hybridized carbons (Fsp3) is 0.364. The molecule has 1 aliphatic carbocycles. The number of carbonyl (C=O) groups is 1. The maximum Gasteiger partial charge on any atom is 0.365 e. The molecular formula is C22H23F3N4O2S. The maximum atomic E-state index is 14.7. The van der Waals surface area contributed by atoms with E-state index < -0.39 is 28.4 Å². The Morgan fingerprint density at radius 1 is 1.28 bits per heavy atom. The van der Waals surface area contributed by atoms with Crippen LogP contribution in [0.15, 0.2) is 41.5 Å². The van der Waals surface area contributed by atoms with Gasteiger partial charge in [-0.15, -0.1) is 0 Å². The largest absolute Gasteiger partial charge is 0.365 e. The zero-order valence-corrected chi connectivity index (χ0v) is 18.5. The highest BCUT2D eigenvalue weighted by molar-refractivity contribution is 8.15. The summed E-state index contributed by atoms with van der Waals surface area (Å²) in [6, 6.07) is 6.89. The first kappa shape index (κ1) is 22.6. The number of hydrazone groups is 1. The summed E-state index contributed by atoms with van der Waals surface area (Å²) >= 11 is 1.12. The molecule has 6 nitrogen and oxygen atoms in total. The first-order valence-corrected chi connectivity index (χ1v) is 11.0. The van der Waals surface area contributed by atoms with Gasteiger partial charge in [-0.1, -0.05) is 17.8 Å². The van der Waals surface area contributed by atoms with Crippen molar-refractivity contribution in [2.45, 2.75) is 24.1 Å². The summed E-state index contributed by atoms with van der Waals surface area (Å²) in [7, 11) is 2.75. The van der Waals surface area contributed by atoms with Crippen LogP contribution in [0.2, 0.25) is 0 Å².